The SMILES string of the molecule is CC(C)CNC(=O)C1COC2(CCCCC2)N1C(=O)c1ccccc1. The summed E-state index contributed by atoms with van der Waals surface area (Å²) in [6.07, 6.45) is 4.82. The van der Waals surface area contributed by atoms with Gasteiger partial charge in [-0.05, 0) is 43.7 Å². The van der Waals surface area contributed by atoms with E-state index in [2.05, 4.69) is 19.2 Å². The van der Waals surface area contributed by atoms with Gasteiger partial charge >= 0.3 is 0 Å². The van der Waals surface area contributed by atoms with Gasteiger partial charge in [0.05, 0.1) is 6.61 Å². The minimum atomic E-state index is -0.620. The average molecular weight is 344 g/mol. The molecule has 1 aromatic rings. The first-order valence-electron chi connectivity index (χ1n) is 9.34. The maximum absolute atomic E-state index is 13.2. The molecular formula is C20H28N2O3. The number of nitrogens with zero attached hydrogens (tertiary/aromatic N) is 1. The predicted molar refractivity (Wildman–Crippen MR) is 96.0 cm³/mol. The van der Waals surface area contributed by atoms with E-state index in [9.17, 15) is 9.59 Å². The van der Waals surface area contributed by atoms with Crippen molar-refractivity contribution in [3.05, 3.63) is 35.9 Å². The highest BCUT2D eigenvalue weighted by Crippen LogP contribution is 2.41. The summed E-state index contributed by atoms with van der Waals surface area (Å²) in [6, 6.07) is 8.66. The van der Waals surface area contributed by atoms with E-state index in [-0.39, 0.29) is 18.4 Å². The van der Waals surface area contributed by atoms with Gasteiger partial charge in [-0.1, -0.05) is 38.5 Å². The lowest BCUT2D eigenvalue weighted by Crippen LogP contribution is -2.56. The second kappa shape index (κ2) is 7.56. The van der Waals surface area contributed by atoms with Crippen LogP contribution in [0, 0.1) is 5.92 Å². The first-order chi connectivity index (χ1) is 12.0. The molecule has 1 aliphatic heterocycles. The molecule has 5 nitrogen and oxygen atoms in total. The molecular weight excluding hydrogens is 316 g/mol. The van der Waals surface area contributed by atoms with E-state index < -0.39 is 11.8 Å². The van der Waals surface area contributed by atoms with Crippen LogP contribution in [-0.2, 0) is 9.53 Å². The second-order valence-corrected chi connectivity index (χ2v) is 7.51. The highest BCUT2D eigenvalue weighted by Gasteiger charge is 2.52. The Kier molecular flexibility index (Phi) is 5.42. The first-order valence-corrected chi connectivity index (χ1v) is 9.34. The normalized spacial score (nSPS) is 22.4. The largest absolute Gasteiger partial charge is 0.354 e. The second-order valence-electron chi connectivity index (χ2n) is 7.51. The fourth-order valence-corrected chi connectivity index (χ4v) is 3.81. The average Bonchev–Trinajstić information content (AvgIpc) is 2.99. The molecule has 1 aliphatic carbocycles. The van der Waals surface area contributed by atoms with Gasteiger partial charge in [0.2, 0.25) is 5.91 Å². The molecule has 1 N–H and O–H groups in total. The zero-order valence-electron chi connectivity index (χ0n) is 15.2. The smallest absolute Gasteiger partial charge is 0.256 e. The van der Waals surface area contributed by atoms with Gasteiger partial charge in [0.1, 0.15) is 11.8 Å². The molecule has 5 heteroatoms. The Morgan fingerprint density at radius 2 is 1.88 bits per heavy atom. The van der Waals surface area contributed by atoms with Gasteiger partial charge in [-0.25, -0.2) is 0 Å². The Balaban J connectivity index is 1.87. The molecule has 0 aromatic heterocycles. The van der Waals surface area contributed by atoms with E-state index >= 15 is 0 Å². The van der Waals surface area contributed by atoms with Crippen LogP contribution in [-0.4, -0.2) is 41.6 Å². The van der Waals surface area contributed by atoms with Crippen LogP contribution in [0.25, 0.3) is 0 Å². The van der Waals surface area contributed by atoms with Gasteiger partial charge in [0.25, 0.3) is 5.91 Å². The van der Waals surface area contributed by atoms with Crippen LogP contribution < -0.4 is 5.32 Å². The van der Waals surface area contributed by atoms with Crippen molar-refractivity contribution >= 4 is 11.8 Å². The first kappa shape index (κ1) is 17.9. The van der Waals surface area contributed by atoms with Crippen molar-refractivity contribution in [1.29, 1.82) is 0 Å². The molecule has 1 saturated carbocycles. The Bertz CT molecular complexity index is 609. The van der Waals surface area contributed by atoms with Crippen LogP contribution in [0.5, 0.6) is 0 Å². The molecule has 1 spiro atoms. The van der Waals surface area contributed by atoms with Crippen molar-refractivity contribution in [2.24, 2.45) is 5.92 Å². The van der Waals surface area contributed by atoms with Crippen molar-refractivity contribution in [2.75, 3.05) is 13.2 Å². The number of amides is 2. The molecule has 2 amide bonds. The van der Waals surface area contributed by atoms with Gasteiger partial charge in [0.15, 0.2) is 0 Å². The molecule has 2 fully saturated rings. The van der Waals surface area contributed by atoms with Crippen LogP contribution in [0.3, 0.4) is 0 Å². The van der Waals surface area contributed by atoms with E-state index in [1.165, 1.54) is 0 Å². The number of carbonyl (C=O) groups excluding carboxylic acids is 2. The number of rotatable bonds is 4. The Morgan fingerprint density at radius 3 is 2.52 bits per heavy atom. The molecule has 0 radical (unpaired) electrons. The van der Waals surface area contributed by atoms with Gasteiger partial charge in [0, 0.05) is 12.1 Å². The Labute approximate surface area is 149 Å². The van der Waals surface area contributed by atoms with Crippen LogP contribution in [0.2, 0.25) is 0 Å². The minimum Gasteiger partial charge on any atom is -0.354 e. The zero-order chi connectivity index (χ0) is 17.9. The third-order valence-electron chi connectivity index (χ3n) is 5.12. The van der Waals surface area contributed by atoms with Gasteiger partial charge < -0.3 is 10.1 Å². The monoisotopic (exact) mass is 344 g/mol. The van der Waals surface area contributed by atoms with Crippen LogP contribution >= 0.6 is 0 Å². The highest BCUT2D eigenvalue weighted by molar-refractivity contribution is 5.98. The summed E-state index contributed by atoms with van der Waals surface area (Å²) in [7, 11) is 0. The van der Waals surface area contributed by atoms with Crippen LogP contribution in [0.4, 0.5) is 0 Å². The van der Waals surface area contributed by atoms with Crippen molar-refractivity contribution in [1.82, 2.24) is 10.2 Å². The van der Waals surface area contributed by atoms with Crippen molar-refractivity contribution in [3.8, 4) is 0 Å². The van der Waals surface area contributed by atoms with Crippen molar-refractivity contribution < 1.29 is 14.3 Å². The fourth-order valence-electron chi connectivity index (χ4n) is 3.81. The molecule has 2 aliphatic rings. The molecule has 25 heavy (non-hydrogen) atoms. The molecule has 1 heterocycles. The zero-order valence-corrected chi connectivity index (χ0v) is 15.2. The molecule has 1 aromatic carbocycles. The summed E-state index contributed by atoms with van der Waals surface area (Å²) >= 11 is 0. The molecule has 0 bridgehead atoms. The minimum absolute atomic E-state index is 0.107. The van der Waals surface area contributed by atoms with E-state index in [1.807, 2.05) is 18.2 Å². The summed E-state index contributed by atoms with van der Waals surface area (Å²) in [5, 5.41) is 2.97. The van der Waals surface area contributed by atoms with E-state index in [4.69, 9.17) is 4.74 Å². The summed E-state index contributed by atoms with van der Waals surface area (Å²) in [5.74, 6) is 0.151. The third-order valence-corrected chi connectivity index (χ3v) is 5.12. The maximum atomic E-state index is 13.2. The lowest BCUT2D eigenvalue weighted by Gasteiger charge is -2.41. The number of benzene rings is 1. The van der Waals surface area contributed by atoms with Crippen molar-refractivity contribution in [3.63, 3.8) is 0 Å². The topological polar surface area (TPSA) is 58.6 Å². The Morgan fingerprint density at radius 1 is 1.20 bits per heavy atom. The number of carbonyl (C=O) groups is 2. The van der Waals surface area contributed by atoms with Crippen molar-refractivity contribution in [2.45, 2.75) is 57.7 Å². The predicted octanol–water partition coefficient (Wildman–Crippen LogP) is 2.96. The summed E-state index contributed by atoms with van der Waals surface area (Å²) < 4.78 is 6.12. The maximum Gasteiger partial charge on any atom is 0.256 e. The Hall–Kier alpha value is -1.88. The van der Waals surface area contributed by atoms with Crippen LogP contribution in [0.1, 0.15) is 56.3 Å². The van der Waals surface area contributed by atoms with Crippen LogP contribution in [0.15, 0.2) is 30.3 Å². The fraction of sp³-hybridized carbons (Fsp3) is 0.600. The number of hydrogen-bond acceptors (Lipinski definition) is 3. The number of nitrogens with one attached hydrogen (secondary N) is 1. The highest BCUT2D eigenvalue weighted by atomic mass is 16.5. The van der Waals surface area contributed by atoms with Gasteiger partial charge in [-0.3, -0.25) is 14.5 Å². The van der Waals surface area contributed by atoms with Gasteiger partial charge in [-0.2, -0.15) is 0 Å². The summed E-state index contributed by atoms with van der Waals surface area (Å²) in [5.41, 5.74) is -0.00928. The molecule has 136 valence electrons. The summed E-state index contributed by atoms with van der Waals surface area (Å²) in [4.78, 5) is 27.7. The molecule has 1 unspecified atom stereocenters. The quantitative estimate of drug-likeness (QED) is 0.913. The lowest BCUT2D eigenvalue weighted by atomic mass is 9.89. The molecule has 3 rings (SSSR count). The number of ether oxygens (including phenoxy) is 1. The van der Waals surface area contributed by atoms with E-state index in [0.717, 1.165) is 32.1 Å². The number of hydrogen-bond donors (Lipinski definition) is 1. The van der Waals surface area contributed by atoms with Gasteiger partial charge in [-0.15, -0.1) is 0 Å². The lowest BCUT2D eigenvalue weighted by molar-refractivity contribution is -0.127. The standard InChI is InChI=1S/C20H28N2O3/c1-15(2)13-21-18(23)17-14-25-20(11-7-4-8-12-20)22(17)19(24)16-9-5-3-6-10-16/h3,5-6,9-10,15,17H,4,7-8,11-14H2,1-2H3,(H,21,23). The molecule has 1 atom stereocenters. The molecule has 1 saturated heterocycles. The summed E-state index contributed by atoms with van der Waals surface area (Å²) in [6.45, 7) is 5.00. The third kappa shape index (κ3) is 3.71. The van der Waals surface area contributed by atoms with E-state index in [1.54, 1.807) is 17.0 Å². The van der Waals surface area contributed by atoms with E-state index in [0.29, 0.717) is 18.0 Å².